The van der Waals surface area contributed by atoms with Crippen LogP contribution in [0.25, 0.3) is 49.2 Å². The quantitative estimate of drug-likeness (QED) is 0.178. The number of aromatic nitrogens is 3. The first-order valence-electron chi connectivity index (χ1n) is 22.9. The molecule has 0 aliphatic heterocycles. The molecule has 298 valence electrons. The van der Waals surface area contributed by atoms with Crippen LogP contribution < -0.4 is 0 Å². The molecule has 62 heavy (non-hydrogen) atoms. The van der Waals surface area contributed by atoms with Gasteiger partial charge in [-0.15, -0.1) is 0 Å². The van der Waals surface area contributed by atoms with Gasteiger partial charge in [0.15, 0.2) is 0 Å². The van der Waals surface area contributed by atoms with Gasteiger partial charge in [-0.05, 0) is 113 Å². The number of hydrogen-bond donors (Lipinski definition) is 0. The van der Waals surface area contributed by atoms with E-state index in [1.54, 1.807) is 0 Å². The van der Waals surface area contributed by atoms with Crippen molar-refractivity contribution in [3.8, 4) is 11.1 Å². The predicted molar refractivity (Wildman–Crippen MR) is 254 cm³/mol. The van der Waals surface area contributed by atoms with Gasteiger partial charge >= 0.3 is 0 Å². The van der Waals surface area contributed by atoms with Gasteiger partial charge in [-0.2, -0.15) is 0 Å². The maximum Gasteiger partial charge on any atom is 0.0728 e. The number of fused-ring (bicyclic) bond motifs is 6. The summed E-state index contributed by atoms with van der Waals surface area (Å²) in [6, 6.07) is 46.9. The van der Waals surface area contributed by atoms with Crippen molar-refractivity contribution in [2.75, 3.05) is 0 Å². The number of hydrogen-bond acceptors (Lipinski definition) is 2. The highest BCUT2D eigenvalue weighted by molar-refractivity contribution is 6.26. The molecule has 0 saturated carbocycles. The third-order valence-corrected chi connectivity index (χ3v) is 15.6. The summed E-state index contributed by atoms with van der Waals surface area (Å²) in [5.41, 5.74) is 27.2. The van der Waals surface area contributed by atoms with Gasteiger partial charge in [0, 0.05) is 33.4 Å². The van der Waals surface area contributed by atoms with Crippen molar-refractivity contribution in [2.45, 2.75) is 83.0 Å². The van der Waals surface area contributed by atoms with Gasteiger partial charge in [-0.3, -0.25) is 9.97 Å². The highest BCUT2D eigenvalue weighted by Crippen LogP contribution is 2.61. The van der Waals surface area contributed by atoms with Gasteiger partial charge in [-0.1, -0.05) is 151 Å². The van der Waals surface area contributed by atoms with Crippen LogP contribution in [0.15, 0.2) is 134 Å². The van der Waals surface area contributed by atoms with Crippen LogP contribution >= 0.6 is 0 Å². The van der Waals surface area contributed by atoms with Gasteiger partial charge < -0.3 is 4.40 Å². The molecule has 0 atom stereocenters. The highest BCUT2D eigenvalue weighted by Gasteiger charge is 2.46. The molecular weight excluding hydrogens is 751 g/mol. The largest absolute Gasteiger partial charge is 0.305 e. The second-order valence-corrected chi connectivity index (χ2v) is 19.7. The van der Waals surface area contributed by atoms with E-state index in [9.17, 15) is 0 Å². The Kier molecular flexibility index (Phi) is 6.83. The molecule has 6 aromatic carbocycles. The van der Waals surface area contributed by atoms with E-state index in [1.807, 2.05) is 0 Å². The Hall–Kier alpha value is -6.58. The van der Waals surface area contributed by atoms with Crippen molar-refractivity contribution < 1.29 is 0 Å². The summed E-state index contributed by atoms with van der Waals surface area (Å²) in [5.74, 6) is 1.60. The average molecular weight is 798 g/mol. The molecule has 10 aromatic rings. The molecule has 0 N–H and O–H groups in total. The van der Waals surface area contributed by atoms with E-state index in [0.717, 1.165) is 0 Å². The van der Waals surface area contributed by atoms with Gasteiger partial charge in [0.05, 0.1) is 52.2 Å². The molecule has 6 aliphatic rings. The van der Waals surface area contributed by atoms with Crippen LogP contribution in [0.1, 0.15) is 167 Å². The SMILES string of the molecule is CC(C)c1cc(C(C)C)c(-c2cc3c4c5c(ncc4n4c6cnc7c(c6c(c2)c34)C2c3ccccc3C7c3ccccc32)C2c3ccccc3C5c3ccccc32)c(C(C)C)c1. The molecular formula is C59H47N3. The van der Waals surface area contributed by atoms with Crippen LogP contribution in [0.4, 0.5) is 0 Å². The average Bonchev–Trinajstić information content (AvgIpc) is 3.82. The summed E-state index contributed by atoms with van der Waals surface area (Å²) >= 11 is 0. The van der Waals surface area contributed by atoms with E-state index < -0.39 is 0 Å². The van der Waals surface area contributed by atoms with E-state index in [0.29, 0.717) is 17.8 Å². The standard InChI is InChI=1S/C59H47N3/c1-29(2)32-23-42(30(3)4)48(43(24-32)31(5)6)33-25-44-53-46(27-60-57-51-38-19-11-7-15-34(38)49(55(53)57)35-16-8-12-20-39(35)51)62-47-28-61-58-52-40-21-13-9-17-36(40)50(37-18-10-14-22-41(37)52)56(58)54(47)45(26-33)59(44)62/h7-31,49-52H,1-6H3. The van der Waals surface area contributed by atoms with E-state index in [1.165, 1.54) is 133 Å². The van der Waals surface area contributed by atoms with Crippen LogP contribution in [0.5, 0.6) is 0 Å². The molecule has 3 heteroatoms. The lowest BCUT2D eigenvalue weighted by atomic mass is 9.62. The smallest absolute Gasteiger partial charge is 0.0728 e. The van der Waals surface area contributed by atoms with Crippen LogP contribution in [-0.2, 0) is 0 Å². The number of rotatable bonds is 4. The highest BCUT2D eigenvalue weighted by atomic mass is 14.9. The van der Waals surface area contributed by atoms with Crippen LogP contribution in [-0.4, -0.2) is 14.4 Å². The maximum absolute atomic E-state index is 5.55. The first-order chi connectivity index (χ1) is 30.3. The summed E-state index contributed by atoms with van der Waals surface area (Å²) in [6.07, 6.45) is 4.43. The first-order valence-corrected chi connectivity index (χ1v) is 22.9. The Morgan fingerprint density at radius 1 is 0.435 bits per heavy atom. The molecule has 0 amide bonds. The summed E-state index contributed by atoms with van der Waals surface area (Å²) in [5, 5.41) is 5.36. The Balaban J connectivity index is 1.17. The molecule has 0 fully saturated rings. The zero-order valence-electron chi connectivity index (χ0n) is 36.1. The molecule has 4 aromatic heterocycles. The fourth-order valence-electron chi connectivity index (χ4n) is 13.1. The summed E-state index contributed by atoms with van der Waals surface area (Å²) < 4.78 is 2.56. The number of nitrogens with zero attached hydrogens (tertiary/aromatic N) is 3. The molecule has 0 radical (unpaired) electrons. The molecule has 0 saturated heterocycles. The van der Waals surface area contributed by atoms with Gasteiger partial charge in [0.25, 0.3) is 0 Å². The van der Waals surface area contributed by atoms with Crippen molar-refractivity contribution >= 4 is 38.1 Å². The second kappa shape index (κ2) is 12.1. The Bertz CT molecular complexity index is 3280. The fraction of sp³-hybridized carbons (Fsp3) is 0.220. The lowest BCUT2D eigenvalue weighted by Gasteiger charge is -2.42. The zero-order valence-corrected chi connectivity index (χ0v) is 36.1. The molecule has 6 aliphatic carbocycles. The minimum atomic E-state index is 0.108. The predicted octanol–water partition coefficient (Wildman–Crippen LogP) is 14.6. The van der Waals surface area contributed by atoms with Gasteiger partial charge in [0.2, 0.25) is 0 Å². The Morgan fingerprint density at radius 3 is 1.13 bits per heavy atom. The lowest BCUT2D eigenvalue weighted by molar-refractivity contribution is 0.734. The minimum absolute atomic E-state index is 0.108. The van der Waals surface area contributed by atoms with Crippen LogP contribution in [0.2, 0.25) is 0 Å². The topological polar surface area (TPSA) is 30.2 Å². The van der Waals surface area contributed by atoms with Gasteiger partial charge in [-0.25, -0.2) is 0 Å². The molecule has 4 heterocycles. The maximum atomic E-state index is 5.55. The van der Waals surface area contributed by atoms with Crippen LogP contribution in [0.3, 0.4) is 0 Å². The molecule has 16 rings (SSSR count). The first kappa shape index (κ1) is 35.1. The van der Waals surface area contributed by atoms with Crippen LogP contribution in [0, 0.1) is 0 Å². The van der Waals surface area contributed by atoms with E-state index in [4.69, 9.17) is 9.97 Å². The molecule has 0 spiro atoms. The molecule has 3 nitrogen and oxygen atoms in total. The van der Waals surface area contributed by atoms with Gasteiger partial charge in [0.1, 0.15) is 0 Å². The second-order valence-electron chi connectivity index (χ2n) is 19.7. The van der Waals surface area contributed by atoms with Crippen molar-refractivity contribution in [3.63, 3.8) is 0 Å². The van der Waals surface area contributed by atoms with Crippen molar-refractivity contribution in [3.05, 3.63) is 217 Å². The number of benzene rings is 6. The molecule has 4 bridgehead atoms. The van der Waals surface area contributed by atoms with Crippen molar-refractivity contribution in [1.29, 1.82) is 0 Å². The third kappa shape index (κ3) is 4.18. The Labute approximate surface area is 362 Å². The lowest BCUT2D eigenvalue weighted by Crippen LogP contribution is -2.28. The number of pyridine rings is 2. The normalized spacial score (nSPS) is 18.9. The van der Waals surface area contributed by atoms with Crippen molar-refractivity contribution in [2.24, 2.45) is 0 Å². The summed E-state index contributed by atoms with van der Waals surface area (Å²) in [6.45, 7) is 14.2. The monoisotopic (exact) mass is 797 g/mol. The Morgan fingerprint density at radius 2 is 0.790 bits per heavy atom. The summed E-state index contributed by atoms with van der Waals surface area (Å²) in [7, 11) is 0. The minimum Gasteiger partial charge on any atom is -0.305 e. The molecule has 0 unspecified atom stereocenters. The van der Waals surface area contributed by atoms with E-state index in [2.05, 4.69) is 180 Å². The fourth-order valence-corrected chi connectivity index (χ4v) is 13.1. The zero-order chi connectivity index (χ0) is 41.4. The summed E-state index contributed by atoms with van der Waals surface area (Å²) in [4.78, 5) is 11.1. The third-order valence-electron chi connectivity index (χ3n) is 15.6. The van der Waals surface area contributed by atoms with E-state index >= 15 is 0 Å². The van der Waals surface area contributed by atoms with E-state index in [-0.39, 0.29) is 23.7 Å². The van der Waals surface area contributed by atoms with Crippen molar-refractivity contribution in [1.82, 2.24) is 14.4 Å².